The van der Waals surface area contributed by atoms with E-state index in [4.69, 9.17) is 4.42 Å². The highest BCUT2D eigenvalue weighted by Gasteiger charge is 2.24. The van der Waals surface area contributed by atoms with Crippen molar-refractivity contribution in [2.75, 3.05) is 5.32 Å². The van der Waals surface area contributed by atoms with Crippen molar-refractivity contribution in [3.8, 4) is 0 Å². The lowest BCUT2D eigenvalue weighted by atomic mass is 10.2. The summed E-state index contributed by atoms with van der Waals surface area (Å²) in [5.74, 6) is -0.514. The van der Waals surface area contributed by atoms with Crippen LogP contribution < -0.4 is 5.32 Å². The van der Waals surface area contributed by atoms with Crippen LogP contribution in [0.5, 0.6) is 0 Å². The Morgan fingerprint density at radius 1 is 1.15 bits per heavy atom. The van der Waals surface area contributed by atoms with Gasteiger partial charge in [-0.3, -0.25) is 10.1 Å². The smallest absolute Gasteiger partial charge is 0.293 e. The van der Waals surface area contributed by atoms with Crippen LogP contribution in [0.1, 0.15) is 35.3 Å². The lowest BCUT2D eigenvalue weighted by molar-refractivity contribution is 0.0991. The number of furan rings is 1. The molecule has 1 aromatic carbocycles. The van der Waals surface area contributed by atoms with Gasteiger partial charge >= 0.3 is 0 Å². The Balaban J connectivity index is 1.80. The van der Waals surface area contributed by atoms with E-state index in [1.165, 1.54) is 35.6 Å². The van der Waals surface area contributed by atoms with Gasteiger partial charge in [0.25, 0.3) is 5.91 Å². The van der Waals surface area contributed by atoms with Crippen LogP contribution in [0.15, 0.2) is 55.3 Å². The maximum atomic E-state index is 12.6. The molecule has 3 aromatic rings. The number of amides is 1. The van der Waals surface area contributed by atoms with Crippen molar-refractivity contribution < 1.29 is 17.6 Å². The summed E-state index contributed by atoms with van der Waals surface area (Å²) in [5.41, 5.74) is 0. The molecule has 1 N–H and O–H groups in total. The number of hydrogen-bond donors (Lipinski definition) is 1. The summed E-state index contributed by atoms with van der Waals surface area (Å²) in [6.45, 7) is 3.94. The standard InChI is InChI=1S/C16H14BrN3O4S2/c1-9(2)15-19-20-16(25-15)18-14(21)12-7-8-13(24-12)26(22,23)11-5-3-10(17)4-6-11/h3-9H,1-2H3,(H,18,20,21). The SMILES string of the molecule is CC(C)c1nnc(NC(=O)c2ccc(S(=O)(=O)c3ccc(Br)cc3)o2)s1. The number of rotatable bonds is 5. The highest BCUT2D eigenvalue weighted by atomic mass is 79.9. The Morgan fingerprint density at radius 3 is 2.46 bits per heavy atom. The number of sulfone groups is 1. The maximum Gasteiger partial charge on any atom is 0.293 e. The summed E-state index contributed by atoms with van der Waals surface area (Å²) in [6.07, 6.45) is 0. The summed E-state index contributed by atoms with van der Waals surface area (Å²) >= 11 is 4.51. The molecule has 0 aliphatic rings. The van der Waals surface area contributed by atoms with Gasteiger partial charge in [0.1, 0.15) is 5.01 Å². The van der Waals surface area contributed by atoms with Crippen LogP contribution in [0.3, 0.4) is 0 Å². The number of anilines is 1. The Morgan fingerprint density at radius 2 is 1.85 bits per heavy atom. The van der Waals surface area contributed by atoms with Gasteiger partial charge in [-0.1, -0.05) is 41.1 Å². The fourth-order valence-electron chi connectivity index (χ4n) is 1.99. The normalized spacial score (nSPS) is 11.7. The van der Waals surface area contributed by atoms with Crippen LogP contribution in [-0.2, 0) is 9.84 Å². The van der Waals surface area contributed by atoms with Gasteiger partial charge in [0, 0.05) is 10.4 Å². The second-order valence-corrected chi connectivity index (χ2v) is 9.44. The van der Waals surface area contributed by atoms with E-state index in [1.54, 1.807) is 12.1 Å². The highest BCUT2D eigenvalue weighted by molar-refractivity contribution is 9.10. The monoisotopic (exact) mass is 455 g/mol. The minimum absolute atomic E-state index is 0.0766. The van der Waals surface area contributed by atoms with Crippen LogP contribution >= 0.6 is 27.3 Å². The van der Waals surface area contributed by atoms with Crippen molar-refractivity contribution in [2.24, 2.45) is 0 Å². The Labute approximate surface area is 162 Å². The van der Waals surface area contributed by atoms with Crippen LogP contribution in [-0.4, -0.2) is 24.5 Å². The van der Waals surface area contributed by atoms with Crippen LogP contribution in [0.2, 0.25) is 0 Å². The number of nitrogens with zero attached hydrogens (tertiary/aromatic N) is 2. The first-order valence-electron chi connectivity index (χ1n) is 7.52. The number of carbonyl (C=O) groups is 1. The predicted molar refractivity (Wildman–Crippen MR) is 100 cm³/mol. The minimum Gasteiger partial charge on any atom is -0.439 e. The third-order valence-corrected chi connectivity index (χ3v) is 6.66. The molecule has 0 atom stereocenters. The van der Waals surface area contributed by atoms with E-state index in [0.717, 1.165) is 9.48 Å². The van der Waals surface area contributed by atoms with Crippen molar-refractivity contribution in [1.82, 2.24) is 10.2 Å². The molecule has 7 nitrogen and oxygen atoms in total. The number of halogens is 1. The summed E-state index contributed by atoms with van der Waals surface area (Å²) in [5, 5.41) is 11.2. The van der Waals surface area contributed by atoms with E-state index in [-0.39, 0.29) is 21.7 Å². The second-order valence-electron chi connectivity index (χ2n) is 5.63. The molecule has 136 valence electrons. The molecular weight excluding hydrogens is 442 g/mol. The van der Waals surface area contributed by atoms with Gasteiger partial charge < -0.3 is 4.42 Å². The lowest BCUT2D eigenvalue weighted by Crippen LogP contribution is -2.10. The third kappa shape index (κ3) is 3.87. The molecule has 3 rings (SSSR count). The number of nitrogens with one attached hydrogen (secondary N) is 1. The molecule has 0 aliphatic carbocycles. The number of hydrogen-bond acceptors (Lipinski definition) is 7. The topological polar surface area (TPSA) is 102 Å². The fourth-order valence-corrected chi connectivity index (χ4v) is 4.17. The zero-order valence-corrected chi connectivity index (χ0v) is 17.0. The van der Waals surface area contributed by atoms with E-state index in [1.807, 2.05) is 13.8 Å². The first-order valence-corrected chi connectivity index (χ1v) is 10.6. The maximum absolute atomic E-state index is 12.6. The first kappa shape index (κ1) is 18.7. The van der Waals surface area contributed by atoms with Crippen LogP contribution in [0, 0.1) is 0 Å². The molecule has 26 heavy (non-hydrogen) atoms. The summed E-state index contributed by atoms with van der Waals surface area (Å²) in [4.78, 5) is 12.3. The highest BCUT2D eigenvalue weighted by Crippen LogP contribution is 2.26. The van der Waals surface area contributed by atoms with Crippen LogP contribution in [0.25, 0.3) is 0 Å². The lowest BCUT2D eigenvalue weighted by Gasteiger charge is -2.01. The van der Waals surface area contributed by atoms with Gasteiger partial charge in [0.15, 0.2) is 5.76 Å². The Bertz CT molecular complexity index is 1040. The number of carbonyl (C=O) groups excluding carboxylic acids is 1. The van der Waals surface area contributed by atoms with Gasteiger partial charge in [-0.2, -0.15) is 0 Å². The Kier molecular flexibility index (Phi) is 5.26. The van der Waals surface area contributed by atoms with Gasteiger partial charge in [-0.05, 0) is 36.4 Å². The van der Waals surface area contributed by atoms with Crippen molar-refractivity contribution in [1.29, 1.82) is 0 Å². The molecule has 0 bridgehead atoms. The largest absolute Gasteiger partial charge is 0.439 e. The molecule has 0 radical (unpaired) electrons. The molecule has 0 unspecified atom stereocenters. The molecule has 0 saturated carbocycles. The van der Waals surface area contributed by atoms with E-state index in [9.17, 15) is 13.2 Å². The molecule has 1 amide bonds. The Hall–Kier alpha value is -2.04. The van der Waals surface area contributed by atoms with Gasteiger partial charge in [0.2, 0.25) is 20.1 Å². The molecular formula is C16H14BrN3O4S2. The van der Waals surface area contributed by atoms with Crippen molar-refractivity contribution in [3.05, 3.63) is 51.6 Å². The first-order chi connectivity index (χ1) is 12.3. The van der Waals surface area contributed by atoms with Gasteiger partial charge in [-0.25, -0.2) is 8.42 Å². The molecule has 10 heteroatoms. The fraction of sp³-hybridized carbons (Fsp3) is 0.188. The summed E-state index contributed by atoms with van der Waals surface area (Å²) in [7, 11) is -3.84. The zero-order valence-electron chi connectivity index (χ0n) is 13.8. The number of aromatic nitrogens is 2. The molecule has 2 aromatic heterocycles. The second kappa shape index (κ2) is 7.29. The average Bonchev–Trinajstić information content (AvgIpc) is 3.25. The summed E-state index contributed by atoms with van der Waals surface area (Å²) < 4.78 is 31.1. The molecule has 0 saturated heterocycles. The van der Waals surface area contributed by atoms with Crippen LogP contribution in [0.4, 0.5) is 5.13 Å². The third-order valence-electron chi connectivity index (χ3n) is 3.35. The van der Waals surface area contributed by atoms with E-state index < -0.39 is 15.7 Å². The quantitative estimate of drug-likeness (QED) is 0.620. The van der Waals surface area contributed by atoms with Crippen molar-refractivity contribution in [2.45, 2.75) is 29.8 Å². The molecule has 0 spiro atoms. The molecule has 2 heterocycles. The minimum atomic E-state index is -3.84. The average molecular weight is 456 g/mol. The van der Waals surface area contributed by atoms with Gasteiger partial charge in [-0.15, -0.1) is 10.2 Å². The van der Waals surface area contributed by atoms with Gasteiger partial charge in [0.05, 0.1) is 4.90 Å². The van der Waals surface area contributed by atoms with Crippen molar-refractivity contribution in [3.63, 3.8) is 0 Å². The van der Waals surface area contributed by atoms with Crippen molar-refractivity contribution >= 4 is 48.1 Å². The molecule has 0 fully saturated rings. The summed E-state index contributed by atoms with van der Waals surface area (Å²) in [6, 6.07) is 8.71. The molecule has 0 aliphatic heterocycles. The zero-order chi connectivity index (χ0) is 18.9. The van der Waals surface area contributed by atoms with E-state index in [2.05, 4.69) is 31.4 Å². The van der Waals surface area contributed by atoms with E-state index in [0.29, 0.717) is 5.13 Å². The number of benzene rings is 1. The van der Waals surface area contributed by atoms with E-state index >= 15 is 0 Å². The predicted octanol–water partition coefficient (Wildman–Crippen LogP) is 4.10.